The maximum Gasteiger partial charge on any atom is 0.410 e. The molecule has 3 aliphatic heterocycles. The Balaban J connectivity index is 1.27. The summed E-state index contributed by atoms with van der Waals surface area (Å²) in [5.41, 5.74) is -1.42. The van der Waals surface area contributed by atoms with Crippen LogP contribution in [0.4, 0.5) is 18.4 Å². The van der Waals surface area contributed by atoms with Crippen molar-refractivity contribution in [3.63, 3.8) is 0 Å². The van der Waals surface area contributed by atoms with Gasteiger partial charge in [0, 0.05) is 24.4 Å². The van der Waals surface area contributed by atoms with Crippen molar-refractivity contribution in [3.05, 3.63) is 76.9 Å². The molecule has 0 radical (unpaired) electrons. The number of rotatable bonds is 5. The van der Waals surface area contributed by atoms with Crippen molar-refractivity contribution in [1.29, 1.82) is 0 Å². The minimum Gasteiger partial charge on any atom is -0.444 e. The second-order valence-electron chi connectivity index (χ2n) is 15.9. The lowest BCUT2D eigenvalue weighted by Crippen LogP contribution is -2.58. The molecule has 2 aromatic carbocycles. The van der Waals surface area contributed by atoms with Crippen LogP contribution >= 0.6 is 0 Å². The van der Waals surface area contributed by atoms with Crippen molar-refractivity contribution < 1.29 is 50.6 Å². The first-order chi connectivity index (χ1) is 26.4. The number of allylic oxidation sites excluding steroid dienone is 1. The van der Waals surface area contributed by atoms with Crippen molar-refractivity contribution in [2.24, 2.45) is 5.92 Å². The monoisotopic (exact) mass is 799 g/mol. The van der Waals surface area contributed by atoms with E-state index >= 15 is 0 Å². The Morgan fingerprint density at radius 1 is 1.02 bits per heavy atom. The van der Waals surface area contributed by atoms with Gasteiger partial charge in [-0.2, -0.15) is 0 Å². The fourth-order valence-corrected chi connectivity index (χ4v) is 8.40. The van der Waals surface area contributed by atoms with Crippen LogP contribution in [0.2, 0.25) is 0 Å². The number of benzene rings is 2. The standard InChI is InChI=1S/C39H47F2N5O9S/c1-23-15-16-27(18-30(23)41)56(52,53)44-35(49)39-19-25(39)12-8-6-5-7-9-14-31(42-36(50)55-38(2,3)4)34(48)46-21-26(17-32(46)33(47)43-39)54-37(51)45-20-24-11-10-13-29(40)28(24)22-45/h8,10-13,15-16,18,25-26,31-32H,5-7,9,14,17,19-22H2,1-4H3,(H,42,50)(H,43,47)(H,44,49)/t25-,26-,31+,32+,39-/m1/s1. The van der Waals surface area contributed by atoms with E-state index in [2.05, 4.69) is 10.6 Å². The molecule has 0 aromatic heterocycles. The lowest BCUT2D eigenvalue weighted by atomic mass is 10.0. The van der Waals surface area contributed by atoms with Crippen LogP contribution in [0.1, 0.15) is 82.4 Å². The van der Waals surface area contributed by atoms with Crippen LogP contribution < -0.4 is 15.4 Å². The van der Waals surface area contributed by atoms with E-state index in [-0.39, 0.29) is 44.5 Å². The van der Waals surface area contributed by atoms with Crippen LogP contribution in [-0.4, -0.2) is 84.0 Å². The number of hydrogen-bond acceptors (Lipinski definition) is 9. The first kappa shape index (κ1) is 40.6. The van der Waals surface area contributed by atoms with Crippen LogP contribution in [0, 0.1) is 24.5 Å². The Hall–Kier alpha value is -5.06. The highest BCUT2D eigenvalue weighted by molar-refractivity contribution is 7.90. The Labute approximate surface area is 324 Å². The van der Waals surface area contributed by atoms with Gasteiger partial charge in [-0.15, -0.1) is 0 Å². The lowest BCUT2D eigenvalue weighted by molar-refractivity contribution is -0.141. The molecule has 1 saturated heterocycles. The molecule has 1 saturated carbocycles. The predicted octanol–water partition coefficient (Wildman–Crippen LogP) is 4.49. The van der Waals surface area contributed by atoms with E-state index in [4.69, 9.17) is 9.47 Å². The quantitative estimate of drug-likeness (QED) is 0.368. The van der Waals surface area contributed by atoms with Gasteiger partial charge in [-0.05, 0) is 82.7 Å². The number of nitrogens with zero attached hydrogens (tertiary/aromatic N) is 2. The molecule has 17 heteroatoms. The summed E-state index contributed by atoms with van der Waals surface area (Å²) >= 11 is 0. The van der Waals surface area contributed by atoms with E-state index in [0.29, 0.717) is 36.8 Å². The molecule has 1 aliphatic carbocycles. The number of nitrogens with one attached hydrogen (secondary N) is 3. The highest BCUT2D eigenvalue weighted by Crippen LogP contribution is 2.46. The molecule has 4 aliphatic rings. The Bertz CT molecular complexity index is 2060. The first-order valence-electron chi connectivity index (χ1n) is 18.7. The highest BCUT2D eigenvalue weighted by atomic mass is 32.2. The van der Waals surface area contributed by atoms with Crippen LogP contribution in [0.3, 0.4) is 0 Å². The van der Waals surface area contributed by atoms with Crippen LogP contribution in [0.5, 0.6) is 0 Å². The molecular weight excluding hydrogens is 753 g/mol. The molecule has 0 spiro atoms. The summed E-state index contributed by atoms with van der Waals surface area (Å²) in [4.78, 5) is 70.9. The molecule has 5 atom stereocenters. The number of halogens is 2. The maximum atomic E-state index is 14.5. The number of hydrogen-bond donors (Lipinski definition) is 3. The fourth-order valence-electron chi connectivity index (χ4n) is 7.36. The molecule has 3 N–H and O–H groups in total. The van der Waals surface area contributed by atoms with Gasteiger partial charge in [0.1, 0.15) is 41.0 Å². The Morgan fingerprint density at radius 3 is 2.50 bits per heavy atom. The minimum atomic E-state index is -4.57. The summed E-state index contributed by atoms with van der Waals surface area (Å²) in [7, 11) is -4.57. The summed E-state index contributed by atoms with van der Waals surface area (Å²) in [5, 5.41) is 5.36. The molecule has 14 nitrogen and oxygen atoms in total. The molecule has 6 rings (SSSR count). The van der Waals surface area contributed by atoms with Gasteiger partial charge in [0.25, 0.3) is 15.9 Å². The minimum absolute atomic E-state index is 0.0346. The molecule has 3 heterocycles. The van der Waals surface area contributed by atoms with Gasteiger partial charge in [-0.1, -0.05) is 43.2 Å². The number of sulfonamides is 1. The van der Waals surface area contributed by atoms with Crippen molar-refractivity contribution in [3.8, 4) is 0 Å². The van der Waals surface area contributed by atoms with E-state index in [1.807, 2.05) is 10.8 Å². The van der Waals surface area contributed by atoms with Crippen molar-refractivity contribution in [1.82, 2.24) is 25.2 Å². The van der Waals surface area contributed by atoms with Gasteiger partial charge >= 0.3 is 12.2 Å². The molecule has 2 aromatic rings. The van der Waals surface area contributed by atoms with Gasteiger partial charge in [-0.25, -0.2) is 31.5 Å². The number of carbonyl (C=O) groups excluding carboxylic acids is 5. The smallest absolute Gasteiger partial charge is 0.410 e. The third-order valence-electron chi connectivity index (χ3n) is 10.5. The normalized spacial score (nSPS) is 25.5. The largest absolute Gasteiger partial charge is 0.444 e. The molecule has 0 unspecified atom stereocenters. The topological polar surface area (TPSA) is 181 Å². The average Bonchev–Trinajstić information content (AvgIpc) is 3.41. The molecule has 302 valence electrons. The van der Waals surface area contributed by atoms with E-state index in [1.54, 1.807) is 39.0 Å². The summed E-state index contributed by atoms with van der Waals surface area (Å²) in [6, 6.07) is 5.32. The SMILES string of the molecule is Cc1ccc(S(=O)(=O)NC(=O)[C@@]23C[C@H]2C=CCCCCC[C@H](NC(=O)OC(C)(C)C)C(=O)N2C[C@H](OC(=O)N4Cc5cccc(F)c5C4)C[C@H]2C(=O)N3)cc1F. The maximum absolute atomic E-state index is 14.5. The van der Waals surface area contributed by atoms with E-state index < -0.39 is 91.7 Å². The molecule has 56 heavy (non-hydrogen) atoms. The van der Waals surface area contributed by atoms with E-state index in [9.17, 15) is 41.2 Å². The zero-order chi connectivity index (χ0) is 40.6. The summed E-state index contributed by atoms with van der Waals surface area (Å²) in [6.07, 6.45) is 3.48. The van der Waals surface area contributed by atoms with E-state index in [1.165, 1.54) is 28.9 Å². The number of amides is 5. The van der Waals surface area contributed by atoms with Crippen LogP contribution in [0.15, 0.2) is 53.4 Å². The number of carbonyl (C=O) groups is 5. The second-order valence-corrected chi connectivity index (χ2v) is 17.5. The summed E-state index contributed by atoms with van der Waals surface area (Å²) < 4.78 is 68.6. The van der Waals surface area contributed by atoms with Crippen molar-refractivity contribution in [2.45, 2.75) is 120 Å². The van der Waals surface area contributed by atoms with Gasteiger partial charge in [-0.3, -0.25) is 19.3 Å². The van der Waals surface area contributed by atoms with Crippen LogP contribution in [-0.2, 0) is 47.0 Å². The molecule has 5 amide bonds. The van der Waals surface area contributed by atoms with Gasteiger partial charge in [0.05, 0.1) is 18.0 Å². The number of ether oxygens (including phenoxy) is 2. The molecule has 0 bridgehead atoms. The summed E-state index contributed by atoms with van der Waals surface area (Å²) in [5.74, 6) is -4.36. The van der Waals surface area contributed by atoms with Crippen molar-refractivity contribution in [2.75, 3.05) is 6.54 Å². The van der Waals surface area contributed by atoms with Crippen molar-refractivity contribution >= 4 is 39.9 Å². The summed E-state index contributed by atoms with van der Waals surface area (Å²) in [6.45, 7) is 6.29. The van der Waals surface area contributed by atoms with Gasteiger partial charge in [0.2, 0.25) is 11.8 Å². The highest BCUT2D eigenvalue weighted by Gasteiger charge is 2.62. The van der Waals surface area contributed by atoms with Crippen LogP contribution in [0.25, 0.3) is 0 Å². The Kier molecular flexibility index (Phi) is 11.5. The molecule has 2 fully saturated rings. The third kappa shape index (κ3) is 8.98. The van der Waals surface area contributed by atoms with E-state index in [0.717, 1.165) is 12.1 Å². The second kappa shape index (κ2) is 15.8. The fraction of sp³-hybridized carbons (Fsp3) is 0.513. The molecular formula is C39H47F2N5O9S. The lowest BCUT2D eigenvalue weighted by Gasteiger charge is -2.30. The zero-order valence-electron chi connectivity index (χ0n) is 31.7. The average molecular weight is 800 g/mol. The van der Waals surface area contributed by atoms with Gasteiger partial charge < -0.3 is 25.0 Å². The number of aryl methyl sites for hydroxylation is 1. The first-order valence-corrected chi connectivity index (χ1v) is 20.2. The van der Waals surface area contributed by atoms with Gasteiger partial charge in [0.15, 0.2) is 0 Å². The predicted molar refractivity (Wildman–Crippen MR) is 197 cm³/mol. The Morgan fingerprint density at radius 2 is 1.79 bits per heavy atom. The third-order valence-corrected chi connectivity index (χ3v) is 11.8. The number of alkyl carbamates (subject to hydrolysis) is 1. The zero-order valence-corrected chi connectivity index (χ0v) is 32.5. The number of fused-ring (bicyclic) bond motifs is 3.